The van der Waals surface area contributed by atoms with Gasteiger partial charge in [0, 0.05) is 37.4 Å². The molecule has 1 N–H and O–H groups in total. The maximum absolute atomic E-state index is 13.6. The van der Waals surface area contributed by atoms with Crippen LogP contribution in [0.4, 0.5) is 4.39 Å². The van der Waals surface area contributed by atoms with E-state index in [0.717, 1.165) is 0 Å². The molecule has 3 aromatic rings. The molecule has 1 aromatic carbocycles. The summed E-state index contributed by atoms with van der Waals surface area (Å²) in [5.41, 5.74) is 1.11. The third-order valence-corrected chi connectivity index (χ3v) is 3.52. The SMILES string of the molecule is Cn1ccnc1C(NC(=O)c1ccncc1)c1cccc(F)c1. The van der Waals surface area contributed by atoms with Gasteiger partial charge in [0.15, 0.2) is 0 Å². The van der Waals surface area contributed by atoms with Crippen LogP contribution in [0.25, 0.3) is 0 Å². The van der Waals surface area contributed by atoms with Gasteiger partial charge in [-0.3, -0.25) is 9.78 Å². The van der Waals surface area contributed by atoms with Crippen molar-refractivity contribution in [1.82, 2.24) is 19.9 Å². The predicted octanol–water partition coefficient (Wildman–Crippen LogP) is 2.47. The average molecular weight is 310 g/mol. The highest BCUT2D eigenvalue weighted by Gasteiger charge is 2.21. The summed E-state index contributed by atoms with van der Waals surface area (Å²) in [5.74, 6) is -0.0115. The maximum atomic E-state index is 13.6. The molecule has 0 spiro atoms. The van der Waals surface area contributed by atoms with E-state index in [4.69, 9.17) is 0 Å². The zero-order chi connectivity index (χ0) is 16.2. The number of aromatic nitrogens is 3. The first-order chi connectivity index (χ1) is 11.1. The number of amides is 1. The predicted molar refractivity (Wildman–Crippen MR) is 83.2 cm³/mol. The highest BCUT2D eigenvalue weighted by Crippen LogP contribution is 2.21. The maximum Gasteiger partial charge on any atom is 0.252 e. The molecule has 116 valence electrons. The van der Waals surface area contributed by atoms with Crippen LogP contribution in [-0.2, 0) is 7.05 Å². The van der Waals surface area contributed by atoms with E-state index < -0.39 is 6.04 Å². The summed E-state index contributed by atoms with van der Waals surface area (Å²) in [5, 5.41) is 2.90. The van der Waals surface area contributed by atoms with Gasteiger partial charge >= 0.3 is 0 Å². The first-order valence-electron chi connectivity index (χ1n) is 7.09. The molecule has 0 fully saturated rings. The van der Waals surface area contributed by atoms with Crippen molar-refractivity contribution in [2.24, 2.45) is 7.05 Å². The van der Waals surface area contributed by atoms with Crippen LogP contribution in [0.2, 0.25) is 0 Å². The van der Waals surface area contributed by atoms with Crippen molar-refractivity contribution < 1.29 is 9.18 Å². The summed E-state index contributed by atoms with van der Waals surface area (Å²) in [4.78, 5) is 20.6. The quantitative estimate of drug-likeness (QED) is 0.805. The van der Waals surface area contributed by atoms with Crippen molar-refractivity contribution in [3.05, 3.63) is 84.0 Å². The van der Waals surface area contributed by atoms with Gasteiger partial charge in [0.2, 0.25) is 0 Å². The lowest BCUT2D eigenvalue weighted by Gasteiger charge is -2.19. The number of hydrogen-bond acceptors (Lipinski definition) is 3. The molecule has 0 bridgehead atoms. The lowest BCUT2D eigenvalue weighted by atomic mass is 10.1. The summed E-state index contributed by atoms with van der Waals surface area (Å²) in [7, 11) is 1.83. The van der Waals surface area contributed by atoms with E-state index in [1.807, 2.05) is 7.05 Å². The van der Waals surface area contributed by atoms with E-state index in [0.29, 0.717) is 17.0 Å². The van der Waals surface area contributed by atoms with Gasteiger partial charge in [-0.2, -0.15) is 0 Å². The van der Waals surface area contributed by atoms with Crippen LogP contribution in [0.5, 0.6) is 0 Å². The van der Waals surface area contributed by atoms with Gasteiger partial charge in [-0.1, -0.05) is 12.1 Å². The zero-order valence-electron chi connectivity index (χ0n) is 12.5. The molecule has 0 saturated heterocycles. The number of nitrogens with one attached hydrogen (secondary N) is 1. The smallest absolute Gasteiger partial charge is 0.252 e. The first kappa shape index (κ1) is 14.9. The Balaban J connectivity index is 1.96. The van der Waals surface area contributed by atoms with Crippen LogP contribution < -0.4 is 5.32 Å². The Morgan fingerprint density at radius 1 is 1.22 bits per heavy atom. The number of carbonyl (C=O) groups is 1. The molecule has 0 radical (unpaired) electrons. The highest BCUT2D eigenvalue weighted by atomic mass is 19.1. The fraction of sp³-hybridized carbons (Fsp3) is 0.118. The molecule has 5 nitrogen and oxygen atoms in total. The summed E-state index contributed by atoms with van der Waals surface area (Å²) in [6.07, 6.45) is 6.51. The molecular formula is C17H15FN4O. The Kier molecular flexibility index (Phi) is 4.14. The molecular weight excluding hydrogens is 295 g/mol. The normalized spacial score (nSPS) is 11.9. The van der Waals surface area contributed by atoms with E-state index in [1.165, 1.54) is 12.1 Å². The third-order valence-electron chi connectivity index (χ3n) is 3.52. The lowest BCUT2D eigenvalue weighted by Crippen LogP contribution is -2.31. The molecule has 3 rings (SSSR count). The minimum Gasteiger partial charge on any atom is -0.338 e. The Bertz CT molecular complexity index is 816. The van der Waals surface area contributed by atoms with E-state index in [1.54, 1.807) is 53.6 Å². The highest BCUT2D eigenvalue weighted by molar-refractivity contribution is 5.94. The van der Waals surface area contributed by atoms with Crippen LogP contribution in [0.15, 0.2) is 61.2 Å². The monoisotopic (exact) mass is 310 g/mol. The molecule has 1 unspecified atom stereocenters. The lowest BCUT2D eigenvalue weighted by molar-refractivity contribution is 0.0941. The minimum atomic E-state index is -0.550. The summed E-state index contributed by atoms with van der Waals surface area (Å²) < 4.78 is 15.4. The van der Waals surface area contributed by atoms with Gasteiger partial charge in [0.05, 0.1) is 0 Å². The van der Waals surface area contributed by atoms with Crippen LogP contribution in [0, 0.1) is 5.82 Å². The Labute approximate surface area is 132 Å². The zero-order valence-corrected chi connectivity index (χ0v) is 12.5. The minimum absolute atomic E-state index is 0.273. The van der Waals surface area contributed by atoms with E-state index >= 15 is 0 Å². The molecule has 0 aliphatic carbocycles. The third kappa shape index (κ3) is 3.26. The fourth-order valence-corrected chi connectivity index (χ4v) is 2.36. The second-order valence-electron chi connectivity index (χ2n) is 5.09. The second kappa shape index (κ2) is 6.39. The van der Waals surface area contributed by atoms with Gasteiger partial charge in [0.1, 0.15) is 17.7 Å². The van der Waals surface area contributed by atoms with E-state index in [9.17, 15) is 9.18 Å². The van der Waals surface area contributed by atoms with Gasteiger partial charge in [0.25, 0.3) is 5.91 Å². The number of halogens is 1. The Morgan fingerprint density at radius 2 is 2.00 bits per heavy atom. The van der Waals surface area contributed by atoms with Gasteiger partial charge < -0.3 is 9.88 Å². The summed E-state index contributed by atoms with van der Waals surface area (Å²) >= 11 is 0. The molecule has 0 aliphatic heterocycles. The van der Waals surface area contributed by atoms with E-state index in [-0.39, 0.29) is 11.7 Å². The number of benzene rings is 1. The molecule has 6 heteroatoms. The topological polar surface area (TPSA) is 59.8 Å². The Hall–Kier alpha value is -3.02. The largest absolute Gasteiger partial charge is 0.338 e. The van der Waals surface area contributed by atoms with Crippen molar-refractivity contribution in [2.75, 3.05) is 0 Å². The number of pyridine rings is 1. The average Bonchev–Trinajstić information content (AvgIpc) is 2.99. The summed E-state index contributed by atoms with van der Waals surface area (Å²) in [6, 6.07) is 8.82. The number of carbonyl (C=O) groups excluding carboxylic acids is 1. The number of aryl methyl sites for hydroxylation is 1. The number of hydrogen-bond donors (Lipinski definition) is 1. The van der Waals surface area contributed by atoms with Crippen molar-refractivity contribution in [2.45, 2.75) is 6.04 Å². The molecule has 2 aromatic heterocycles. The number of nitrogens with zero attached hydrogens (tertiary/aromatic N) is 3. The van der Waals surface area contributed by atoms with Crippen molar-refractivity contribution in [3.8, 4) is 0 Å². The number of imidazole rings is 1. The molecule has 1 atom stereocenters. The van der Waals surface area contributed by atoms with Crippen molar-refractivity contribution in [3.63, 3.8) is 0 Å². The molecule has 2 heterocycles. The van der Waals surface area contributed by atoms with Gasteiger partial charge in [-0.25, -0.2) is 9.37 Å². The summed E-state index contributed by atoms with van der Waals surface area (Å²) in [6.45, 7) is 0. The van der Waals surface area contributed by atoms with Crippen LogP contribution >= 0.6 is 0 Å². The van der Waals surface area contributed by atoms with E-state index in [2.05, 4.69) is 15.3 Å². The van der Waals surface area contributed by atoms with Crippen molar-refractivity contribution in [1.29, 1.82) is 0 Å². The van der Waals surface area contributed by atoms with Crippen LogP contribution in [0.3, 0.4) is 0 Å². The van der Waals surface area contributed by atoms with Gasteiger partial charge in [-0.15, -0.1) is 0 Å². The van der Waals surface area contributed by atoms with Crippen molar-refractivity contribution >= 4 is 5.91 Å². The molecule has 0 aliphatic rings. The Morgan fingerprint density at radius 3 is 2.65 bits per heavy atom. The molecule has 0 saturated carbocycles. The first-order valence-corrected chi connectivity index (χ1v) is 7.09. The number of rotatable bonds is 4. The van der Waals surface area contributed by atoms with Crippen LogP contribution in [-0.4, -0.2) is 20.4 Å². The molecule has 1 amide bonds. The molecule has 23 heavy (non-hydrogen) atoms. The second-order valence-corrected chi connectivity index (χ2v) is 5.09. The van der Waals surface area contributed by atoms with Crippen LogP contribution in [0.1, 0.15) is 27.8 Å². The standard InChI is InChI=1S/C17H15FN4O/c1-22-10-9-20-16(22)15(13-3-2-4-14(18)11-13)21-17(23)12-5-7-19-8-6-12/h2-11,15H,1H3,(H,21,23). The fourth-order valence-electron chi connectivity index (χ4n) is 2.36. The van der Waals surface area contributed by atoms with Gasteiger partial charge in [-0.05, 0) is 29.8 Å².